The van der Waals surface area contributed by atoms with Crippen molar-refractivity contribution in [3.8, 4) is 0 Å². The first-order valence-electron chi connectivity index (χ1n) is 8.57. The number of carbonyl (C=O) groups excluding carboxylic acids is 2. The average molecular weight is 407 g/mol. The van der Waals surface area contributed by atoms with Crippen molar-refractivity contribution in [2.24, 2.45) is 0 Å². The molecular formula is C19H19ClN2O4S. The number of halogens is 1. The number of amides is 2. The molecule has 0 unspecified atom stereocenters. The van der Waals surface area contributed by atoms with Crippen LogP contribution in [0.25, 0.3) is 0 Å². The van der Waals surface area contributed by atoms with Crippen molar-refractivity contribution in [3.05, 3.63) is 64.7 Å². The van der Waals surface area contributed by atoms with Crippen LogP contribution in [0.15, 0.2) is 53.4 Å². The summed E-state index contributed by atoms with van der Waals surface area (Å²) in [5, 5.41) is 3.44. The third kappa shape index (κ3) is 4.14. The van der Waals surface area contributed by atoms with Crippen LogP contribution in [-0.2, 0) is 21.2 Å². The van der Waals surface area contributed by atoms with Gasteiger partial charge in [-0.2, -0.15) is 0 Å². The fourth-order valence-corrected chi connectivity index (χ4v) is 4.75. The van der Waals surface area contributed by atoms with Gasteiger partial charge in [-0.3, -0.25) is 9.59 Å². The van der Waals surface area contributed by atoms with Crippen LogP contribution in [0.5, 0.6) is 0 Å². The Hall–Kier alpha value is -2.38. The molecule has 1 aliphatic heterocycles. The van der Waals surface area contributed by atoms with Gasteiger partial charge in [0, 0.05) is 24.5 Å². The number of carbonyl (C=O) groups is 2. The zero-order valence-corrected chi connectivity index (χ0v) is 16.1. The van der Waals surface area contributed by atoms with Gasteiger partial charge >= 0.3 is 0 Å². The average Bonchev–Trinajstić information content (AvgIpc) is 2.85. The van der Waals surface area contributed by atoms with E-state index >= 15 is 0 Å². The highest BCUT2D eigenvalue weighted by molar-refractivity contribution is 7.90. The monoisotopic (exact) mass is 406 g/mol. The molecule has 1 heterocycles. The molecule has 0 saturated heterocycles. The molecule has 2 aromatic rings. The molecule has 0 atom stereocenters. The summed E-state index contributed by atoms with van der Waals surface area (Å²) >= 11 is 6.09. The Bertz CT molecular complexity index is 975. The number of benzene rings is 2. The van der Waals surface area contributed by atoms with Gasteiger partial charge in [-0.25, -0.2) is 12.7 Å². The largest absolute Gasteiger partial charge is 0.356 e. The lowest BCUT2D eigenvalue weighted by Gasteiger charge is -2.14. The molecule has 1 aliphatic rings. The van der Waals surface area contributed by atoms with Crippen LogP contribution in [0, 0.1) is 0 Å². The molecule has 0 fully saturated rings. The van der Waals surface area contributed by atoms with Crippen molar-refractivity contribution in [1.82, 2.24) is 9.62 Å². The van der Waals surface area contributed by atoms with Crippen molar-refractivity contribution in [3.63, 3.8) is 0 Å². The number of nitrogens with one attached hydrogen (secondary N) is 1. The fraction of sp³-hybridized carbons (Fsp3) is 0.263. The normalized spacial score (nSPS) is 14.9. The second-order valence-electron chi connectivity index (χ2n) is 6.17. The third-order valence-corrected chi connectivity index (χ3v) is 6.57. The van der Waals surface area contributed by atoms with Gasteiger partial charge in [-0.05, 0) is 36.6 Å². The molecule has 2 aromatic carbocycles. The molecule has 3 rings (SSSR count). The summed E-state index contributed by atoms with van der Waals surface area (Å²) in [6.07, 6.45) is 1.36. The minimum Gasteiger partial charge on any atom is -0.356 e. The molecule has 142 valence electrons. The molecule has 0 bridgehead atoms. The summed E-state index contributed by atoms with van der Waals surface area (Å²) < 4.78 is 25.6. The van der Waals surface area contributed by atoms with E-state index in [-0.39, 0.29) is 29.3 Å². The van der Waals surface area contributed by atoms with Crippen molar-refractivity contribution in [2.45, 2.75) is 24.2 Å². The van der Waals surface area contributed by atoms with Crippen LogP contribution in [0.3, 0.4) is 0 Å². The van der Waals surface area contributed by atoms with E-state index in [4.69, 9.17) is 11.6 Å². The van der Waals surface area contributed by atoms with E-state index in [1.54, 1.807) is 12.1 Å². The van der Waals surface area contributed by atoms with E-state index in [1.807, 2.05) is 24.3 Å². The number of rotatable bonds is 7. The lowest BCUT2D eigenvalue weighted by molar-refractivity contribution is -0.121. The van der Waals surface area contributed by atoms with Crippen molar-refractivity contribution in [1.29, 1.82) is 0 Å². The van der Waals surface area contributed by atoms with Gasteiger partial charge in [0.2, 0.25) is 5.91 Å². The molecule has 0 spiro atoms. The van der Waals surface area contributed by atoms with E-state index < -0.39 is 15.9 Å². The zero-order valence-electron chi connectivity index (χ0n) is 14.5. The number of sulfonamides is 1. The van der Waals surface area contributed by atoms with Crippen LogP contribution >= 0.6 is 11.6 Å². The van der Waals surface area contributed by atoms with E-state index in [1.165, 1.54) is 12.1 Å². The van der Waals surface area contributed by atoms with Crippen LogP contribution in [0.2, 0.25) is 5.02 Å². The number of hydrogen-bond acceptors (Lipinski definition) is 4. The number of hydrogen-bond donors (Lipinski definition) is 1. The standard InChI is InChI=1S/C19H19ClN2O4S/c20-16-9-3-1-6-14(16)7-5-12-21-18(23)11-13-22-19(24)15-8-2-4-10-17(15)27(22,25)26/h1-4,6,8-10H,5,7,11-13H2,(H,21,23). The zero-order chi connectivity index (χ0) is 19.4. The van der Waals surface area contributed by atoms with Gasteiger partial charge in [0.25, 0.3) is 15.9 Å². The molecule has 0 aliphatic carbocycles. The Morgan fingerprint density at radius 2 is 1.78 bits per heavy atom. The molecular weight excluding hydrogens is 388 g/mol. The van der Waals surface area contributed by atoms with Gasteiger partial charge in [0.1, 0.15) is 4.90 Å². The Morgan fingerprint density at radius 3 is 2.52 bits per heavy atom. The Morgan fingerprint density at radius 1 is 1.07 bits per heavy atom. The minimum atomic E-state index is -3.87. The molecule has 0 aromatic heterocycles. The maximum atomic E-state index is 12.4. The van der Waals surface area contributed by atoms with Crippen molar-refractivity contribution < 1.29 is 18.0 Å². The first kappa shape index (κ1) is 19.4. The summed E-state index contributed by atoms with van der Waals surface area (Å²) in [5.41, 5.74) is 1.16. The smallest absolute Gasteiger partial charge is 0.269 e. The highest BCUT2D eigenvalue weighted by Crippen LogP contribution is 2.29. The summed E-state index contributed by atoms with van der Waals surface area (Å²) in [4.78, 5) is 24.3. The number of fused-ring (bicyclic) bond motifs is 1. The number of nitrogens with zero attached hydrogens (tertiary/aromatic N) is 1. The van der Waals surface area contributed by atoms with Gasteiger partial charge in [0.15, 0.2) is 0 Å². The van der Waals surface area contributed by atoms with Gasteiger partial charge in [-0.1, -0.05) is 41.9 Å². The fourth-order valence-electron chi connectivity index (χ4n) is 2.95. The van der Waals surface area contributed by atoms with Gasteiger partial charge in [-0.15, -0.1) is 0 Å². The Labute approximate surface area is 163 Å². The van der Waals surface area contributed by atoms with E-state index in [9.17, 15) is 18.0 Å². The SMILES string of the molecule is O=C(CCN1C(=O)c2ccccc2S1(=O)=O)NCCCc1ccccc1Cl. The van der Waals surface area contributed by atoms with Gasteiger partial charge < -0.3 is 5.32 Å². The van der Waals surface area contributed by atoms with Gasteiger partial charge in [0.05, 0.1) is 5.56 Å². The second kappa shape index (κ2) is 8.10. The second-order valence-corrected chi connectivity index (χ2v) is 8.41. The Balaban J connectivity index is 1.47. The predicted molar refractivity (Wildman–Crippen MR) is 102 cm³/mol. The molecule has 0 radical (unpaired) electrons. The van der Waals surface area contributed by atoms with E-state index in [0.29, 0.717) is 18.0 Å². The van der Waals surface area contributed by atoms with Crippen molar-refractivity contribution in [2.75, 3.05) is 13.1 Å². The molecule has 6 nitrogen and oxygen atoms in total. The maximum Gasteiger partial charge on any atom is 0.269 e. The summed E-state index contributed by atoms with van der Waals surface area (Å²) in [6, 6.07) is 13.6. The van der Waals surface area contributed by atoms with Crippen LogP contribution < -0.4 is 5.32 Å². The first-order valence-corrected chi connectivity index (χ1v) is 10.4. The highest BCUT2D eigenvalue weighted by Gasteiger charge is 2.40. The summed E-state index contributed by atoms with van der Waals surface area (Å²) in [5.74, 6) is -0.884. The maximum absolute atomic E-state index is 12.4. The Kier molecular flexibility index (Phi) is 5.82. The summed E-state index contributed by atoms with van der Waals surface area (Å²) in [6.45, 7) is 0.275. The topological polar surface area (TPSA) is 83.6 Å². The minimum absolute atomic E-state index is 0.00449. The summed E-state index contributed by atoms with van der Waals surface area (Å²) in [7, 11) is -3.87. The first-order chi connectivity index (χ1) is 12.9. The lowest BCUT2D eigenvalue weighted by Crippen LogP contribution is -2.35. The van der Waals surface area contributed by atoms with Crippen LogP contribution in [-0.4, -0.2) is 37.6 Å². The predicted octanol–water partition coefficient (Wildman–Crippen LogP) is 2.62. The molecule has 8 heteroatoms. The molecule has 1 N–H and O–H groups in total. The molecule has 27 heavy (non-hydrogen) atoms. The van der Waals surface area contributed by atoms with Crippen LogP contribution in [0.4, 0.5) is 0 Å². The molecule has 0 saturated carbocycles. The van der Waals surface area contributed by atoms with E-state index in [0.717, 1.165) is 16.3 Å². The molecule has 2 amide bonds. The van der Waals surface area contributed by atoms with Crippen LogP contribution in [0.1, 0.15) is 28.8 Å². The van der Waals surface area contributed by atoms with Crippen molar-refractivity contribution >= 4 is 33.4 Å². The lowest BCUT2D eigenvalue weighted by atomic mass is 10.1. The number of aryl methyl sites for hydroxylation is 1. The third-order valence-electron chi connectivity index (χ3n) is 4.36. The quantitative estimate of drug-likeness (QED) is 0.716. The highest BCUT2D eigenvalue weighted by atomic mass is 35.5. The van der Waals surface area contributed by atoms with E-state index in [2.05, 4.69) is 5.32 Å².